The minimum Gasteiger partial charge on any atom is -0.268 e. The number of oxime groups is 1. The minimum atomic E-state index is -3.74. The lowest BCUT2D eigenvalue weighted by Crippen LogP contribution is -2.19. The van der Waals surface area contributed by atoms with E-state index in [-0.39, 0.29) is 5.75 Å². The topological polar surface area (TPSA) is 73.6 Å². The number of aromatic nitrogens is 2. The second-order valence-corrected chi connectivity index (χ2v) is 6.40. The summed E-state index contributed by atoms with van der Waals surface area (Å²) in [6, 6.07) is 10.7. The van der Waals surface area contributed by atoms with Crippen molar-refractivity contribution in [1.82, 2.24) is 9.78 Å². The van der Waals surface area contributed by atoms with Gasteiger partial charge in [-0.25, -0.2) is 0 Å². The maximum absolute atomic E-state index is 11.9. The third-order valence-corrected chi connectivity index (χ3v) is 4.23. The van der Waals surface area contributed by atoms with Gasteiger partial charge in [0.05, 0.1) is 5.69 Å². The van der Waals surface area contributed by atoms with E-state index in [1.165, 1.54) is 0 Å². The van der Waals surface area contributed by atoms with E-state index in [4.69, 9.17) is 4.28 Å². The standard InChI is InChI=1S/C14H15N3O3S/c18-21(19,11-12-5-2-1-3-6-12)20-16-13-7-4-10-17-14(13)8-9-15-17/h1-3,5-6,8-9H,4,7,10-11H2/b16-13+. The van der Waals surface area contributed by atoms with E-state index in [2.05, 4.69) is 10.3 Å². The van der Waals surface area contributed by atoms with Crippen LogP contribution in [0.3, 0.4) is 0 Å². The first kappa shape index (κ1) is 13.8. The number of hydrogen-bond donors (Lipinski definition) is 0. The Morgan fingerprint density at radius 2 is 2.05 bits per heavy atom. The zero-order valence-electron chi connectivity index (χ0n) is 11.3. The molecule has 0 N–H and O–H groups in total. The molecule has 0 bridgehead atoms. The van der Waals surface area contributed by atoms with Crippen molar-refractivity contribution < 1.29 is 12.7 Å². The van der Waals surface area contributed by atoms with Crippen LogP contribution in [0.25, 0.3) is 0 Å². The highest BCUT2D eigenvalue weighted by atomic mass is 32.2. The maximum atomic E-state index is 11.9. The summed E-state index contributed by atoms with van der Waals surface area (Å²) < 4.78 is 30.5. The highest BCUT2D eigenvalue weighted by molar-refractivity contribution is 7.85. The quantitative estimate of drug-likeness (QED) is 0.809. The zero-order valence-corrected chi connectivity index (χ0v) is 12.2. The lowest BCUT2D eigenvalue weighted by molar-refractivity contribution is 0.335. The number of aryl methyl sites for hydroxylation is 1. The fourth-order valence-electron chi connectivity index (χ4n) is 2.28. The van der Waals surface area contributed by atoms with E-state index in [1.54, 1.807) is 35.1 Å². The molecular formula is C14H15N3O3S. The summed E-state index contributed by atoms with van der Waals surface area (Å²) in [6.45, 7) is 0.818. The van der Waals surface area contributed by atoms with E-state index in [9.17, 15) is 8.42 Å². The first-order valence-corrected chi connectivity index (χ1v) is 8.26. The van der Waals surface area contributed by atoms with Crippen LogP contribution in [0.1, 0.15) is 24.1 Å². The average Bonchev–Trinajstić information content (AvgIpc) is 2.95. The van der Waals surface area contributed by atoms with Gasteiger partial charge in [-0.1, -0.05) is 35.5 Å². The van der Waals surface area contributed by atoms with Crippen molar-refractivity contribution in [2.45, 2.75) is 25.1 Å². The molecule has 0 fully saturated rings. The molecule has 2 heterocycles. The minimum absolute atomic E-state index is 0.191. The molecule has 7 heteroatoms. The molecule has 1 aromatic heterocycles. The molecule has 1 aliphatic heterocycles. The van der Waals surface area contributed by atoms with Crippen molar-refractivity contribution in [3.8, 4) is 0 Å². The van der Waals surface area contributed by atoms with Gasteiger partial charge in [0.2, 0.25) is 0 Å². The highest BCUT2D eigenvalue weighted by Gasteiger charge is 2.18. The van der Waals surface area contributed by atoms with E-state index in [1.807, 2.05) is 12.1 Å². The predicted octanol–water partition coefficient (Wildman–Crippen LogP) is 1.93. The Morgan fingerprint density at radius 1 is 1.24 bits per heavy atom. The van der Waals surface area contributed by atoms with Crippen molar-refractivity contribution >= 4 is 15.8 Å². The molecule has 0 saturated carbocycles. The fourth-order valence-corrected chi connectivity index (χ4v) is 3.14. The zero-order chi connectivity index (χ0) is 14.7. The number of nitrogens with zero attached hydrogens (tertiary/aromatic N) is 3. The maximum Gasteiger partial charge on any atom is 0.332 e. The molecule has 0 spiro atoms. The Balaban J connectivity index is 1.74. The summed E-state index contributed by atoms with van der Waals surface area (Å²) in [7, 11) is -3.74. The van der Waals surface area contributed by atoms with Crippen LogP contribution in [0.2, 0.25) is 0 Å². The molecule has 2 aromatic rings. The van der Waals surface area contributed by atoms with Gasteiger partial charge in [0.25, 0.3) is 0 Å². The van der Waals surface area contributed by atoms with Crippen LogP contribution in [0.15, 0.2) is 47.8 Å². The van der Waals surface area contributed by atoms with Crippen LogP contribution in [-0.4, -0.2) is 23.9 Å². The summed E-state index contributed by atoms with van der Waals surface area (Å²) >= 11 is 0. The molecular weight excluding hydrogens is 290 g/mol. The molecule has 0 amide bonds. The van der Waals surface area contributed by atoms with Gasteiger partial charge >= 0.3 is 10.1 Å². The SMILES string of the molecule is O=S(=O)(Cc1ccccc1)O/N=C1\CCCn2nccc21. The fraction of sp³-hybridized carbons (Fsp3) is 0.286. The van der Waals surface area contributed by atoms with Crippen LogP contribution >= 0.6 is 0 Å². The second-order valence-electron chi connectivity index (χ2n) is 4.84. The van der Waals surface area contributed by atoms with E-state index in [0.29, 0.717) is 17.7 Å². The van der Waals surface area contributed by atoms with Gasteiger partial charge in [-0.15, -0.1) is 0 Å². The van der Waals surface area contributed by atoms with Gasteiger partial charge in [-0.2, -0.15) is 13.5 Å². The first-order valence-electron chi connectivity index (χ1n) is 6.68. The van der Waals surface area contributed by atoms with E-state index in [0.717, 1.165) is 18.7 Å². The Hall–Kier alpha value is -2.15. The van der Waals surface area contributed by atoms with Crippen molar-refractivity contribution in [1.29, 1.82) is 0 Å². The molecule has 1 aliphatic rings. The van der Waals surface area contributed by atoms with E-state index < -0.39 is 10.1 Å². The van der Waals surface area contributed by atoms with Gasteiger partial charge in [0.1, 0.15) is 11.5 Å². The Morgan fingerprint density at radius 3 is 2.86 bits per heavy atom. The smallest absolute Gasteiger partial charge is 0.268 e. The third-order valence-electron chi connectivity index (χ3n) is 3.24. The predicted molar refractivity (Wildman–Crippen MR) is 78.1 cm³/mol. The normalized spacial score (nSPS) is 16.7. The van der Waals surface area contributed by atoms with Crippen LogP contribution in [0.4, 0.5) is 0 Å². The molecule has 21 heavy (non-hydrogen) atoms. The van der Waals surface area contributed by atoms with Crippen LogP contribution in [0, 0.1) is 0 Å². The molecule has 0 unspecified atom stereocenters. The molecule has 0 aliphatic carbocycles. The molecule has 0 atom stereocenters. The van der Waals surface area contributed by atoms with Gasteiger partial charge < -0.3 is 0 Å². The third kappa shape index (κ3) is 3.30. The molecule has 6 nitrogen and oxygen atoms in total. The van der Waals surface area contributed by atoms with Crippen LogP contribution in [-0.2, 0) is 26.7 Å². The summed E-state index contributed by atoms with van der Waals surface area (Å²) in [6.07, 6.45) is 3.23. The van der Waals surface area contributed by atoms with Gasteiger partial charge in [-0.3, -0.25) is 8.97 Å². The monoisotopic (exact) mass is 305 g/mol. The van der Waals surface area contributed by atoms with Gasteiger partial charge in [0.15, 0.2) is 0 Å². The van der Waals surface area contributed by atoms with E-state index >= 15 is 0 Å². The van der Waals surface area contributed by atoms with Crippen molar-refractivity contribution in [3.63, 3.8) is 0 Å². The van der Waals surface area contributed by atoms with Crippen LogP contribution < -0.4 is 0 Å². The summed E-state index contributed by atoms with van der Waals surface area (Å²) in [5.41, 5.74) is 2.11. The second kappa shape index (κ2) is 5.69. The van der Waals surface area contributed by atoms with Crippen molar-refractivity contribution in [2.75, 3.05) is 0 Å². The summed E-state index contributed by atoms with van der Waals surface area (Å²) in [4.78, 5) is 0. The molecule has 1 aromatic carbocycles. The molecule has 0 radical (unpaired) electrons. The molecule has 0 saturated heterocycles. The van der Waals surface area contributed by atoms with Gasteiger partial charge in [0, 0.05) is 12.7 Å². The van der Waals surface area contributed by atoms with Crippen LogP contribution in [0.5, 0.6) is 0 Å². The lowest BCUT2D eigenvalue weighted by Gasteiger charge is -2.14. The lowest BCUT2D eigenvalue weighted by atomic mass is 10.1. The Kier molecular flexibility index (Phi) is 3.74. The summed E-state index contributed by atoms with van der Waals surface area (Å²) in [5, 5.41) is 7.98. The first-order chi connectivity index (χ1) is 10.1. The average molecular weight is 305 g/mol. The number of hydrogen-bond acceptors (Lipinski definition) is 5. The number of benzene rings is 1. The summed E-state index contributed by atoms with van der Waals surface area (Å²) in [5.74, 6) is -0.191. The highest BCUT2D eigenvalue weighted by Crippen LogP contribution is 2.16. The Labute approximate surface area is 123 Å². The number of fused-ring (bicyclic) bond motifs is 1. The van der Waals surface area contributed by atoms with Crippen molar-refractivity contribution in [2.24, 2.45) is 5.16 Å². The molecule has 3 rings (SSSR count). The molecule has 110 valence electrons. The Bertz CT molecular complexity index is 751. The number of rotatable bonds is 4. The largest absolute Gasteiger partial charge is 0.332 e. The van der Waals surface area contributed by atoms with Gasteiger partial charge in [-0.05, 0) is 24.5 Å². The van der Waals surface area contributed by atoms with Crippen molar-refractivity contribution in [3.05, 3.63) is 53.9 Å².